The Balaban J connectivity index is 2.06. The molecular weight excluding hydrogens is 258 g/mol. The Labute approximate surface area is 130 Å². The van der Waals surface area contributed by atoms with Crippen molar-refractivity contribution in [2.24, 2.45) is 5.92 Å². The molecule has 2 heteroatoms. The van der Waals surface area contributed by atoms with E-state index in [4.69, 9.17) is 4.74 Å². The Morgan fingerprint density at radius 1 is 1.33 bits per heavy atom. The van der Waals surface area contributed by atoms with Gasteiger partial charge in [0.05, 0.1) is 6.10 Å². The van der Waals surface area contributed by atoms with E-state index in [0.29, 0.717) is 18.1 Å². The normalized spacial score (nSPS) is 20.1. The van der Waals surface area contributed by atoms with E-state index >= 15 is 0 Å². The van der Waals surface area contributed by atoms with Crippen molar-refractivity contribution in [3.63, 3.8) is 0 Å². The maximum Gasteiger partial charge on any atom is 0.0594 e. The molecule has 118 valence electrons. The molecule has 0 saturated carbocycles. The van der Waals surface area contributed by atoms with Crippen molar-refractivity contribution in [3.8, 4) is 0 Å². The lowest BCUT2D eigenvalue weighted by atomic mass is 9.95. The van der Waals surface area contributed by atoms with Crippen molar-refractivity contribution in [2.45, 2.75) is 65.0 Å². The van der Waals surface area contributed by atoms with Crippen LogP contribution in [0.15, 0.2) is 24.3 Å². The fourth-order valence-corrected chi connectivity index (χ4v) is 3.16. The minimum atomic E-state index is 0.431. The summed E-state index contributed by atoms with van der Waals surface area (Å²) >= 11 is 0. The molecule has 1 N–H and O–H groups in total. The molecule has 1 aromatic rings. The Kier molecular flexibility index (Phi) is 6.72. The van der Waals surface area contributed by atoms with Crippen LogP contribution in [0.25, 0.3) is 0 Å². The maximum atomic E-state index is 5.84. The van der Waals surface area contributed by atoms with E-state index in [1.807, 2.05) is 0 Å². The van der Waals surface area contributed by atoms with Gasteiger partial charge in [-0.2, -0.15) is 0 Å². The molecule has 2 unspecified atom stereocenters. The molecule has 0 radical (unpaired) electrons. The monoisotopic (exact) mass is 289 g/mol. The van der Waals surface area contributed by atoms with Gasteiger partial charge in [0.25, 0.3) is 0 Å². The summed E-state index contributed by atoms with van der Waals surface area (Å²) in [5, 5.41) is 3.71. The quantitative estimate of drug-likeness (QED) is 0.761. The number of hydrogen-bond acceptors (Lipinski definition) is 2. The maximum absolute atomic E-state index is 5.84. The summed E-state index contributed by atoms with van der Waals surface area (Å²) < 4.78 is 5.84. The van der Waals surface area contributed by atoms with Gasteiger partial charge in [0.15, 0.2) is 0 Å². The molecule has 1 aliphatic rings. The van der Waals surface area contributed by atoms with Crippen LogP contribution in [0.5, 0.6) is 0 Å². The zero-order valence-electron chi connectivity index (χ0n) is 13.9. The third-order valence-corrected chi connectivity index (χ3v) is 4.16. The van der Waals surface area contributed by atoms with Crippen LogP contribution >= 0.6 is 0 Å². The van der Waals surface area contributed by atoms with Gasteiger partial charge in [-0.05, 0) is 55.7 Å². The van der Waals surface area contributed by atoms with E-state index in [9.17, 15) is 0 Å². The molecule has 2 nitrogen and oxygen atoms in total. The Morgan fingerprint density at radius 3 is 2.86 bits per heavy atom. The van der Waals surface area contributed by atoms with Gasteiger partial charge < -0.3 is 10.1 Å². The average Bonchev–Trinajstić information content (AvgIpc) is 2.96. The van der Waals surface area contributed by atoms with Gasteiger partial charge in [0, 0.05) is 12.6 Å². The number of hydrogen-bond donors (Lipinski definition) is 1. The van der Waals surface area contributed by atoms with Crippen LogP contribution in [0.3, 0.4) is 0 Å². The van der Waals surface area contributed by atoms with Gasteiger partial charge in [-0.1, -0.05) is 45.0 Å². The summed E-state index contributed by atoms with van der Waals surface area (Å²) in [5.41, 5.74) is 2.88. The zero-order valence-corrected chi connectivity index (χ0v) is 13.9. The van der Waals surface area contributed by atoms with E-state index in [-0.39, 0.29) is 0 Å². The topological polar surface area (TPSA) is 21.3 Å². The lowest BCUT2D eigenvalue weighted by Crippen LogP contribution is -2.26. The van der Waals surface area contributed by atoms with Crippen LogP contribution < -0.4 is 5.32 Å². The van der Waals surface area contributed by atoms with Crippen LogP contribution in [-0.4, -0.2) is 19.3 Å². The van der Waals surface area contributed by atoms with Gasteiger partial charge in [-0.3, -0.25) is 0 Å². The lowest BCUT2D eigenvalue weighted by Gasteiger charge is -2.23. The molecule has 2 atom stereocenters. The summed E-state index contributed by atoms with van der Waals surface area (Å²) in [4.78, 5) is 0. The molecular formula is C19H31NO. The van der Waals surface area contributed by atoms with E-state index in [0.717, 1.165) is 26.0 Å². The molecule has 2 rings (SSSR count). The number of benzene rings is 1. The van der Waals surface area contributed by atoms with Crippen molar-refractivity contribution < 1.29 is 4.74 Å². The van der Waals surface area contributed by atoms with Crippen molar-refractivity contribution in [1.82, 2.24) is 5.32 Å². The molecule has 1 aliphatic heterocycles. The van der Waals surface area contributed by atoms with Crippen LogP contribution in [0, 0.1) is 5.92 Å². The van der Waals surface area contributed by atoms with Gasteiger partial charge in [-0.15, -0.1) is 0 Å². The molecule has 0 bridgehead atoms. The Bertz CT molecular complexity index is 410. The van der Waals surface area contributed by atoms with Crippen LogP contribution in [0.4, 0.5) is 0 Å². The first kappa shape index (κ1) is 16.5. The third-order valence-electron chi connectivity index (χ3n) is 4.16. The first-order valence-electron chi connectivity index (χ1n) is 8.63. The molecule has 0 aliphatic carbocycles. The predicted molar refractivity (Wildman–Crippen MR) is 89.6 cm³/mol. The van der Waals surface area contributed by atoms with Gasteiger partial charge >= 0.3 is 0 Å². The van der Waals surface area contributed by atoms with Gasteiger partial charge in [0.2, 0.25) is 0 Å². The fraction of sp³-hybridized carbons (Fsp3) is 0.684. The van der Waals surface area contributed by atoms with E-state index in [1.54, 1.807) is 0 Å². The number of nitrogens with one attached hydrogen (secondary N) is 1. The molecule has 1 heterocycles. The second-order valence-corrected chi connectivity index (χ2v) is 6.72. The highest BCUT2D eigenvalue weighted by atomic mass is 16.5. The predicted octanol–water partition coefficient (Wildman–Crippen LogP) is 4.49. The first-order valence-corrected chi connectivity index (χ1v) is 8.63. The van der Waals surface area contributed by atoms with Crippen LogP contribution in [0.1, 0.15) is 63.6 Å². The van der Waals surface area contributed by atoms with Crippen molar-refractivity contribution in [1.29, 1.82) is 0 Å². The molecule has 0 amide bonds. The number of rotatable bonds is 8. The van der Waals surface area contributed by atoms with Crippen molar-refractivity contribution in [2.75, 3.05) is 13.2 Å². The SMILES string of the molecule is CCCNC(CC1CCCO1)c1cccc(CC(C)C)c1. The van der Waals surface area contributed by atoms with E-state index in [1.165, 1.54) is 30.4 Å². The largest absolute Gasteiger partial charge is 0.378 e. The first-order chi connectivity index (χ1) is 10.2. The van der Waals surface area contributed by atoms with Crippen molar-refractivity contribution in [3.05, 3.63) is 35.4 Å². The highest BCUT2D eigenvalue weighted by Crippen LogP contribution is 2.26. The van der Waals surface area contributed by atoms with E-state index in [2.05, 4.69) is 50.4 Å². The molecule has 1 saturated heterocycles. The summed E-state index contributed by atoms with van der Waals surface area (Å²) in [6.45, 7) is 8.81. The minimum Gasteiger partial charge on any atom is -0.378 e. The summed E-state index contributed by atoms with van der Waals surface area (Å²) in [6, 6.07) is 9.56. The fourth-order valence-electron chi connectivity index (χ4n) is 3.16. The zero-order chi connectivity index (χ0) is 15.1. The lowest BCUT2D eigenvalue weighted by molar-refractivity contribution is 0.0945. The number of ether oxygens (including phenoxy) is 1. The van der Waals surface area contributed by atoms with Crippen LogP contribution in [-0.2, 0) is 11.2 Å². The smallest absolute Gasteiger partial charge is 0.0594 e. The molecule has 0 aromatic heterocycles. The average molecular weight is 289 g/mol. The standard InChI is InChI=1S/C19H31NO/c1-4-10-20-19(14-18-9-6-11-21-18)17-8-5-7-16(13-17)12-15(2)3/h5,7-8,13,15,18-20H,4,6,9-12,14H2,1-3H3. The minimum absolute atomic E-state index is 0.431. The molecule has 1 fully saturated rings. The Morgan fingerprint density at radius 2 is 2.19 bits per heavy atom. The highest BCUT2D eigenvalue weighted by molar-refractivity contribution is 5.26. The highest BCUT2D eigenvalue weighted by Gasteiger charge is 2.21. The summed E-state index contributed by atoms with van der Waals surface area (Å²) in [6.07, 6.45) is 6.31. The second-order valence-electron chi connectivity index (χ2n) is 6.72. The molecule has 1 aromatic carbocycles. The molecule has 21 heavy (non-hydrogen) atoms. The molecule has 0 spiro atoms. The van der Waals surface area contributed by atoms with Crippen LogP contribution in [0.2, 0.25) is 0 Å². The summed E-state index contributed by atoms with van der Waals surface area (Å²) in [5.74, 6) is 0.709. The summed E-state index contributed by atoms with van der Waals surface area (Å²) in [7, 11) is 0. The third kappa shape index (κ3) is 5.44. The van der Waals surface area contributed by atoms with Crippen molar-refractivity contribution >= 4 is 0 Å². The second kappa shape index (κ2) is 8.55. The van der Waals surface area contributed by atoms with E-state index < -0.39 is 0 Å². The van der Waals surface area contributed by atoms with Gasteiger partial charge in [0.1, 0.15) is 0 Å². The van der Waals surface area contributed by atoms with Gasteiger partial charge in [-0.25, -0.2) is 0 Å². The Hall–Kier alpha value is -0.860.